The van der Waals surface area contributed by atoms with Crippen LogP contribution in [0.1, 0.15) is 37.0 Å². The van der Waals surface area contributed by atoms with Gasteiger partial charge in [-0.3, -0.25) is 9.10 Å². The lowest BCUT2D eigenvalue weighted by atomic mass is 10.0. The van der Waals surface area contributed by atoms with Gasteiger partial charge in [0, 0.05) is 10.7 Å². The van der Waals surface area contributed by atoms with E-state index in [1.165, 1.54) is 4.31 Å². The van der Waals surface area contributed by atoms with Gasteiger partial charge in [-0.1, -0.05) is 49.7 Å². The standard InChI is InChI=1S/C21H27ClN2O3S/c1-6-16-10-8-9-15(4)20(16)23-21(25)18(7-2)24(28(5,26)27)19-13-17(22)12-11-14(19)3/h8-13,18H,6-7H2,1-5H3,(H,23,25). The molecule has 0 saturated heterocycles. The molecular weight excluding hydrogens is 396 g/mol. The Morgan fingerprint density at radius 1 is 1.14 bits per heavy atom. The minimum absolute atomic E-state index is 0.318. The van der Waals surface area contributed by atoms with Gasteiger partial charge in [0.2, 0.25) is 15.9 Å². The molecule has 0 bridgehead atoms. The summed E-state index contributed by atoms with van der Waals surface area (Å²) in [5.74, 6) is -0.365. The van der Waals surface area contributed by atoms with Gasteiger partial charge in [-0.15, -0.1) is 0 Å². The molecule has 2 aromatic carbocycles. The largest absolute Gasteiger partial charge is 0.324 e. The van der Waals surface area contributed by atoms with Gasteiger partial charge < -0.3 is 5.32 Å². The van der Waals surface area contributed by atoms with Gasteiger partial charge in [0.05, 0.1) is 11.9 Å². The van der Waals surface area contributed by atoms with Crippen molar-refractivity contribution in [3.8, 4) is 0 Å². The highest BCUT2D eigenvalue weighted by Crippen LogP contribution is 2.30. The molecule has 1 amide bonds. The van der Waals surface area contributed by atoms with Gasteiger partial charge in [-0.05, 0) is 55.5 Å². The number of nitrogens with zero attached hydrogens (tertiary/aromatic N) is 1. The Hall–Kier alpha value is -2.05. The quantitative estimate of drug-likeness (QED) is 0.703. The minimum Gasteiger partial charge on any atom is -0.324 e. The topological polar surface area (TPSA) is 66.5 Å². The molecule has 0 aromatic heterocycles. The third kappa shape index (κ3) is 4.86. The highest BCUT2D eigenvalue weighted by Gasteiger charge is 2.33. The lowest BCUT2D eigenvalue weighted by Crippen LogP contribution is -2.47. The predicted octanol–water partition coefficient (Wildman–Crippen LogP) is 4.70. The van der Waals surface area contributed by atoms with Crippen molar-refractivity contribution in [2.24, 2.45) is 0 Å². The molecule has 0 heterocycles. The van der Waals surface area contributed by atoms with Crippen LogP contribution in [0.15, 0.2) is 36.4 Å². The zero-order chi connectivity index (χ0) is 21.1. The summed E-state index contributed by atoms with van der Waals surface area (Å²) in [6.07, 6.45) is 2.18. The highest BCUT2D eigenvalue weighted by molar-refractivity contribution is 7.92. The SMILES string of the molecule is CCc1cccc(C)c1NC(=O)C(CC)N(c1cc(Cl)ccc1C)S(C)(=O)=O. The van der Waals surface area contributed by atoms with Crippen molar-refractivity contribution in [1.82, 2.24) is 0 Å². The first-order chi connectivity index (χ1) is 13.1. The van der Waals surface area contributed by atoms with Crippen molar-refractivity contribution in [2.45, 2.75) is 46.6 Å². The normalized spacial score (nSPS) is 12.5. The van der Waals surface area contributed by atoms with Crippen LogP contribution in [0.3, 0.4) is 0 Å². The molecule has 5 nitrogen and oxygen atoms in total. The third-order valence-corrected chi connectivity index (χ3v) is 6.13. The van der Waals surface area contributed by atoms with E-state index in [-0.39, 0.29) is 5.91 Å². The zero-order valence-electron chi connectivity index (χ0n) is 16.9. The number of nitrogens with one attached hydrogen (secondary N) is 1. The first-order valence-corrected chi connectivity index (χ1v) is 11.5. The number of anilines is 2. The maximum atomic E-state index is 13.2. The van der Waals surface area contributed by atoms with Gasteiger partial charge in [-0.25, -0.2) is 8.42 Å². The lowest BCUT2D eigenvalue weighted by Gasteiger charge is -2.31. The molecule has 0 fully saturated rings. The number of sulfonamides is 1. The van der Waals surface area contributed by atoms with Crippen molar-refractivity contribution in [1.29, 1.82) is 0 Å². The monoisotopic (exact) mass is 422 g/mol. The van der Waals surface area contributed by atoms with Crippen LogP contribution in [0.2, 0.25) is 5.02 Å². The van der Waals surface area contributed by atoms with E-state index in [1.807, 2.05) is 32.0 Å². The van der Waals surface area contributed by atoms with Crippen LogP contribution in [0.4, 0.5) is 11.4 Å². The summed E-state index contributed by atoms with van der Waals surface area (Å²) in [5.41, 5.74) is 3.83. The van der Waals surface area contributed by atoms with Gasteiger partial charge >= 0.3 is 0 Å². The van der Waals surface area contributed by atoms with Crippen LogP contribution >= 0.6 is 11.6 Å². The first-order valence-electron chi connectivity index (χ1n) is 9.25. The van der Waals surface area contributed by atoms with Crippen molar-refractivity contribution < 1.29 is 13.2 Å². The molecule has 1 unspecified atom stereocenters. The van der Waals surface area contributed by atoms with E-state index in [1.54, 1.807) is 32.0 Å². The number of halogens is 1. The van der Waals surface area contributed by atoms with E-state index in [2.05, 4.69) is 5.32 Å². The number of para-hydroxylation sites is 1. The molecule has 0 aliphatic heterocycles. The van der Waals surface area contributed by atoms with E-state index in [4.69, 9.17) is 11.6 Å². The maximum Gasteiger partial charge on any atom is 0.248 e. The molecular formula is C21H27ClN2O3S. The average Bonchev–Trinajstić information content (AvgIpc) is 2.62. The van der Waals surface area contributed by atoms with Crippen molar-refractivity contribution in [3.63, 3.8) is 0 Å². The van der Waals surface area contributed by atoms with Crippen LogP contribution in [0.5, 0.6) is 0 Å². The van der Waals surface area contributed by atoms with Crippen LogP contribution in [-0.2, 0) is 21.2 Å². The number of rotatable bonds is 7. The molecule has 2 rings (SSSR count). The highest BCUT2D eigenvalue weighted by atomic mass is 35.5. The van der Waals surface area contributed by atoms with E-state index >= 15 is 0 Å². The van der Waals surface area contributed by atoms with Crippen molar-refractivity contribution in [3.05, 3.63) is 58.1 Å². The molecule has 2 aromatic rings. The molecule has 0 saturated carbocycles. The number of amides is 1. The smallest absolute Gasteiger partial charge is 0.248 e. The number of hydrogen-bond acceptors (Lipinski definition) is 3. The van der Waals surface area contributed by atoms with Gasteiger partial charge in [0.1, 0.15) is 6.04 Å². The van der Waals surface area contributed by atoms with Gasteiger partial charge in [0.25, 0.3) is 0 Å². The predicted molar refractivity (Wildman–Crippen MR) is 117 cm³/mol. The van der Waals surface area contributed by atoms with Crippen molar-refractivity contribution >= 4 is 38.9 Å². The zero-order valence-corrected chi connectivity index (χ0v) is 18.5. The summed E-state index contributed by atoms with van der Waals surface area (Å²) in [4.78, 5) is 13.2. The van der Waals surface area contributed by atoms with Crippen LogP contribution < -0.4 is 9.62 Å². The number of hydrogen-bond donors (Lipinski definition) is 1. The molecule has 0 spiro atoms. The molecule has 0 aliphatic carbocycles. The van der Waals surface area contributed by atoms with Crippen molar-refractivity contribution in [2.75, 3.05) is 15.9 Å². The number of carbonyl (C=O) groups excluding carboxylic acids is 1. The fourth-order valence-corrected chi connectivity index (χ4v) is 4.69. The van der Waals surface area contributed by atoms with Crippen LogP contribution in [0, 0.1) is 13.8 Å². The molecule has 28 heavy (non-hydrogen) atoms. The Bertz CT molecular complexity index is 974. The Morgan fingerprint density at radius 3 is 2.39 bits per heavy atom. The first kappa shape index (κ1) is 22.2. The Morgan fingerprint density at radius 2 is 1.82 bits per heavy atom. The summed E-state index contributed by atoms with van der Waals surface area (Å²) < 4.78 is 26.5. The fraction of sp³-hybridized carbons (Fsp3) is 0.381. The molecule has 7 heteroatoms. The third-order valence-electron chi connectivity index (χ3n) is 4.73. The maximum absolute atomic E-state index is 13.2. The Labute approximate surface area is 172 Å². The Balaban J connectivity index is 2.50. The minimum atomic E-state index is -3.72. The van der Waals surface area contributed by atoms with E-state index in [9.17, 15) is 13.2 Å². The number of aryl methyl sites for hydroxylation is 3. The molecule has 1 N–H and O–H groups in total. The summed E-state index contributed by atoms with van der Waals surface area (Å²) in [7, 11) is -3.72. The number of carbonyl (C=O) groups is 1. The average molecular weight is 423 g/mol. The van der Waals surface area contributed by atoms with Gasteiger partial charge in [-0.2, -0.15) is 0 Å². The van der Waals surface area contributed by atoms with Crippen LogP contribution in [-0.4, -0.2) is 26.6 Å². The lowest BCUT2D eigenvalue weighted by molar-refractivity contribution is -0.117. The second kappa shape index (κ2) is 8.97. The fourth-order valence-electron chi connectivity index (χ4n) is 3.26. The molecule has 0 aliphatic rings. The second-order valence-corrected chi connectivity index (χ2v) is 9.16. The molecule has 0 radical (unpaired) electrons. The number of benzene rings is 2. The summed E-state index contributed by atoms with van der Waals surface area (Å²) in [5, 5.41) is 3.37. The second-order valence-electron chi connectivity index (χ2n) is 6.87. The molecule has 1 atom stereocenters. The Kier molecular flexibility index (Phi) is 7.12. The molecule has 152 valence electrons. The van der Waals surface area contributed by atoms with E-state index in [0.29, 0.717) is 17.1 Å². The summed E-state index contributed by atoms with van der Waals surface area (Å²) >= 11 is 6.11. The summed E-state index contributed by atoms with van der Waals surface area (Å²) in [6, 6.07) is 9.96. The van der Waals surface area contributed by atoms with E-state index in [0.717, 1.165) is 35.1 Å². The van der Waals surface area contributed by atoms with E-state index < -0.39 is 16.1 Å². The summed E-state index contributed by atoms with van der Waals surface area (Å²) in [6.45, 7) is 7.52. The van der Waals surface area contributed by atoms with Crippen LogP contribution in [0.25, 0.3) is 0 Å². The van der Waals surface area contributed by atoms with Gasteiger partial charge in [0.15, 0.2) is 0 Å².